The molecule has 12 aliphatic rings. The first-order chi connectivity index (χ1) is 60.1. The largest absolute Gasteiger partial charge is 0.493 e. The Labute approximate surface area is 730 Å². The Hall–Kier alpha value is -10.1. The van der Waals surface area contributed by atoms with E-state index in [0.717, 1.165) is 284 Å². The van der Waals surface area contributed by atoms with E-state index in [9.17, 15) is 24.3 Å². The van der Waals surface area contributed by atoms with Gasteiger partial charge < -0.3 is 78.1 Å². The van der Waals surface area contributed by atoms with Crippen molar-refractivity contribution in [3.63, 3.8) is 0 Å². The van der Waals surface area contributed by atoms with Gasteiger partial charge in [-0.1, -0.05) is 24.3 Å². The molecule has 0 radical (unpaired) electrons. The van der Waals surface area contributed by atoms with Crippen molar-refractivity contribution in [2.45, 2.75) is 254 Å². The lowest BCUT2D eigenvalue weighted by molar-refractivity contribution is -0.156. The molecule has 8 fully saturated rings. The van der Waals surface area contributed by atoms with Crippen LogP contribution in [-0.2, 0) is 78.0 Å². The van der Waals surface area contributed by atoms with E-state index < -0.39 is 30.4 Å². The summed E-state index contributed by atoms with van der Waals surface area (Å²) >= 11 is 0. The van der Waals surface area contributed by atoms with Crippen LogP contribution in [-0.4, -0.2) is 136 Å². The van der Waals surface area contributed by atoms with Gasteiger partial charge in [-0.15, -0.1) is 0 Å². The first-order valence-corrected chi connectivity index (χ1v) is 45.7. The first kappa shape index (κ1) is 86.0. The standard InChI is InChI=1S/C27H33NO4.2C26H31NO4.C25H29NO4/c1-16-22(28(2)3)15-21(17-7-8-17)25(19-9-12-23-18(14-19)6-5-13-31-23)24(16)26(27(29)30-4)32-20-10-11-20;1-15-21(27-2)14-20(16-6-7-16)24(18-8-11-22-17(13-18)5-4-12-30-22)23(15)25(26(28)29-3)31-19-9-10-19;1-15-21(27(2)3)14-20(16-6-7-16)24(23(15)25(26(28)29)31-19-9-10-19)18-8-11-22-17(13-18)5-4-12-30-22;1-14-20(26)13-19(15-5-6-15)23(17-7-10-21-16(12-17)4-3-11-29-21)22(14)24(25(27)28-2)30-18-8-9-18/h9,12,14-15,17,20,26H,5-8,10-11,13H2,1-4H3;8,11,13-14,16,19,25,27H,4-7,9-10,12H2,1-3H3;8,11,13-14,16,19,25H,4-7,9-10,12H2,1-3H3,(H,28,29);7,10,12-13,15,18,24H,3-6,8-9,11,26H2,1-2H3. The van der Waals surface area contributed by atoms with Crippen LogP contribution in [0.2, 0.25) is 0 Å². The Morgan fingerprint density at radius 3 is 0.927 bits per heavy atom. The molecule has 4 aliphatic heterocycles. The Kier molecular flexibility index (Phi) is 25.5. The molecule has 8 aromatic rings. The first-order valence-electron chi connectivity index (χ1n) is 45.7. The molecule has 656 valence electrons. The number of nitrogens with two attached hydrogens (primary N) is 1. The molecule has 20 nitrogen and oxygen atoms in total. The third kappa shape index (κ3) is 18.9. The van der Waals surface area contributed by atoms with Crippen LogP contribution in [0, 0.1) is 27.7 Å². The van der Waals surface area contributed by atoms with E-state index >= 15 is 0 Å². The summed E-state index contributed by atoms with van der Waals surface area (Å²) in [6.45, 7) is 11.3. The van der Waals surface area contributed by atoms with E-state index in [1.807, 2.05) is 35.0 Å². The van der Waals surface area contributed by atoms with Crippen molar-refractivity contribution in [1.29, 1.82) is 0 Å². The molecule has 8 aliphatic carbocycles. The molecule has 0 saturated heterocycles. The van der Waals surface area contributed by atoms with Crippen molar-refractivity contribution in [1.82, 2.24) is 0 Å². The molecule has 4 unspecified atom stereocenters. The fourth-order valence-corrected chi connectivity index (χ4v) is 18.9. The Morgan fingerprint density at radius 1 is 0.379 bits per heavy atom. The fourth-order valence-electron chi connectivity index (χ4n) is 18.9. The van der Waals surface area contributed by atoms with Crippen molar-refractivity contribution in [3.05, 3.63) is 186 Å². The molecule has 8 saturated carbocycles. The zero-order valence-electron chi connectivity index (χ0n) is 74.5. The molecule has 4 heterocycles. The molecule has 0 amide bonds. The van der Waals surface area contributed by atoms with Gasteiger partial charge in [-0.2, -0.15) is 0 Å². The minimum atomic E-state index is -0.952. The Bertz CT molecular complexity index is 5370. The van der Waals surface area contributed by atoms with E-state index in [2.05, 4.69) is 140 Å². The third-order valence-electron chi connectivity index (χ3n) is 26.7. The summed E-state index contributed by atoms with van der Waals surface area (Å²) in [5, 5.41) is 13.5. The van der Waals surface area contributed by atoms with E-state index in [1.54, 1.807) is 0 Å². The minimum Gasteiger partial charge on any atom is -0.493 e. The van der Waals surface area contributed by atoms with E-state index in [0.29, 0.717) is 29.4 Å². The third-order valence-corrected chi connectivity index (χ3v) is 26.7. The van der Waals surface area contributed by atoms with Gasteiger partial charge in [0, 0.05) is 80.2 Å². The highest BCUT2D eigenvalue weighted by Gasteiger charge is 2.44. The number of nitrogen functional groups attached to an aromatic ring is 1. The lowest BCUT2D eigenvalue weighted by atomic mass is 9.84. The predicted molar refractivity (Wildman–Crippen MR) is 483 cm³/mol. The highest BCUT2D eigenvalue weighted by molar-refractivity contribution is 5.91. The lowest BCUT2D eigenvalue weighted by Gasteiger charge is -2.28. The average Bonchev–Trinajstić information content (AvgIpc) is 1.56. The number of hydrogen-bond donors (Lipinski definition) is 3. The van der Waals surface area contributed by atoms with Crippen LogP contribution in [0.3, 0.4) is 0 Å². The topological polar surface area (TPSA) is 235 Å². The summed E-state index contributed by atoms with van der Waals surface area (Å²) in [5.41, 5.74) is 37.0. The summed E-state index contributed by atoms with van der Waals surface area (Å²) in [6.07, 6.45) is 22.6. The fraction of sp³-hybridized carbons (Fsp3) is 0.500. The second-order valence-corrected chi connectivity index (χ2v) is 36.7. The highest BCUT2D eigenvalue weighted by atomic mass is 16.6. The monoisotopic (exact) mass is 1680 g/mol. The number of esters is 3. The smallest absolute Gasteiger partial charge is 0.339 e. The number of fused-ring (bicyclic) bond motifs is 4. The number of carbonyl (C=O) groups is 4. The number of hydrogen-bond acceptors (Lipinski definition) is 19. The number of carboxylic acid groups (broad SMARTS) is 1. The van der Waals surface area contributed by atoms with Gasteiger partial charge in [0.2, 0.25) is 0 Å². The number of aryl methyl sites for hydroxylation is 4. The maximum Gasteiger partial charge on any atom is 0.339 e. The SMILES string of the molecule is CNc1cc(C2CC2)c(-c2ccc3c(c2)CCCO3)c(C(OC2CC2)C(=O)OC)c1C.COC(=O)C(OC1CC1)c1c(C)c(N(C)C)cc(C2CC2)c1-c1ccc2c(c1)CCCO2.COC(=O)C(OC1CC1)c1c(C)c(N)cc(C2CC2)c1-c1ccc2c(c1)CCCO2.Cc1c(N(C)C)cc(C2CC2)c(-c2ccc3c(c2)CCCO3)c1C(OC1CC1)C(=O)O. The van der Waals surface area contributed by atoms with Gasteiger partial charge in [-0.25, -0.2) is 19.2 Å². The summed E-state index contributed by atoms with van der Waals surface area (Å²) in [7, 11) is 14.4. The molecular weight excluding hydrogens is 1560 g/mol. The predicted octanol–water partition coefficient (Wildman–Crippen LogP) is 20.7. The quantitative estimate of drug-likeness (QED) is 0.0247. The van der Waals surface area contributed by atoms with Gasteiger partial charge in [0.25, 0.3) is 0 Å². The van der Waals surface area contributed by atoms with Gasteiger partial charge >= 0.3 is 23.9 Å². The van der Waals surface area contributed by atoms with Crippen LogP contribution in [0.15, 0.2) is 97.1 Å². The molecule has 4 atom stereocenters. The Balaban J connectivity index is 0.000000117. The number of rotatable bonds is 27. The van der Waals surface area contributed by atoms with Crippen molar-refractivity contribution in [2.75, 3.05) is 104 Å². The molecule has 124 heavy (non-hydrogen) atoms. The molecule has 4 N–H and O–H groups in total. The van der Waals surface area contributed by atoms with Gasteiger partial charge in [-0.05, 0) is 390 Å². The number of anilines is 4. The number of carboxylic acids is 1. The number of nitrogens with one attached hydrogen (secondary N) is 1. The molecule has 8 aromatic carbocycles. The molecule has 0 aromatic heterocycles. The van der Waals surface area contributed by atoms with Crippen LogP contribution in [0.4, 0.5) is 22.7 Å². The van der Waals surface area contributed by atoms with Crippen LogP contribution < -0.4 is 39.8 Å². The summed E-state index contributed by atoms with van der Waals surface area (Å²) in [6, 6.07) is 34.7. The van der Waals surface area contributed by atoms with Crippen molar-refractivity contribution < 1.29 is 76.4 Å². The van der Waals surface area contributed by atoms with E-state index in [-0.39, 0.29) is 42.3 Å². The van der Waals surface area contributed by atoms with Gasteiger partial charge in [0.1, 0.15) is 23.0 Å². The normalized spacial score (nSPS) is 18.7. The number of carbonyl (C=O) groups excluding carboxylic acids is 3. The summed E-state index contributed by atoms with van der Waals surface area (Å²) < 4.78 is 63.9. The van der Waals surface area contributed by atoms with Crippen LogP contribution >= 0.6 is 0 Å². The molecular formula is C104H124N4O16. The maximum atomic E-state index is 13.0. The number of benzene rings is 8. The highest BCUT2D eigenvalue weighted by Crippen LogP contribution is 2.57. The number of ether oxygens (including phenoxy) is 11. The summed E-state index contributed by atoms with van der Waals surface area (Å²) in [5.74, 6) is 3.97. The van der Waals surface area contributed by atoms with Crippen molar-refractivity contribution in [3.8, 4) is 67.5 Å². The minimum absolute atomic E-state index is 0.0534. The molecule has 20 heteroatoms. The summed E-state index contributed by atoms with van der Waals surface area (Å²) in [4.78, 5) is 55.5. The Morgan fingerprint density at radius 2 is 0.653 bits per heavy atom. The van der Waals surface area contributed by atoms with Gasteiger partial charge in [0.05, 0.1) is 72.2 Å². The van der Waals surface area contributed by atoms with Crippen LogP contribution in [0.1, 0.15) is 266 Å². The van der Waals surface area contributed by atoms with Crippen LogP contribution in [0.25, 0.3) is 44.5 Å². The zero-order valence-corrected chi connectivity index (χ0v) is 74.5. The van der Waals surface area contributed by atoms with E-state index in [1.165, 1.54) is 91.5 Å². The maximum absolute atomic E-state index is 13.0. The second-order valence-electron chi connectivity index (χ2n) is 36.7. The number of nitrogens with zero attached hydrogens (tertiary/aromatic N) is 2. The van der Waals surface area contributed by atoms with Crippen molar-refractivity contribution >= 4 is 46.6 Å². The molecule has 0 bridgehead atoms. The zero-order chi connectivity index (χ0) is 86.5. The van der Waals surface area contributed by atoms with Gasteiger partial charge in [0.15, 0.2) is 24.4 Å². The van der Waals surface area contributed by atoms with Crippen LogP contribution in [0.5, 0.6) is 23.0 Å². The number of aliphatic carboxylic acids is 1. The molecule has 20 rings (SSSR count). The lowest BCUT2D eigenvalue weighted by Crippen LogP contribution is -2.23. The van der Waals surface area contributed by atoms with Crippen molar-refractivity contribution in [2.24, 2.45) is 0 Å². The van der Waals surface area contributed by atoms with Gasteiger partial charge in [-0.3, -0.25) is 0 Å². The average molecular weight is 1690 g/mol. The second kappa shape index (κ2) is 36.8. The van der Waals surface area contributed by atoms with E-state index in [4.69, 9.17) is 57.8 Å². The molecule has 0 spiro atoms. The number of methoxy groups -OCH3 is 3.